The Morgan fingerprint density at radius 2 is 2.29 bits per heavy atom. The van der Waals surface area contributed by atoms with Crippen LogP contribution in [-0.4, -0.2) is 35.5 Å². The second-order valence-corrected chi connectivity index (χ2v) is 7.34. The standard InChI is InChI=1S/C19H28N4O/c1-13(2)8-9-20-18(24)15-5-4-10-23(12-15)19-21-16-7-6-14(3)11-17(16)22-19/h6-7,11,13,15H,4-5,8-10,12H2,1-3H3,(H,20,24)(H,21,22)/t15-/m1/s1. The van der Waals surface area contributed by atoms with Crippen LogP contribution >= 0.6 is 0 Å². The minimum atomic E-state index is 0.0564. The molecule has 2 aromatic rings. The summed E-state index contributed by atoms with van der Waals surface area (Å²) in [6.45, 7) is 8.91. The Hall–Kier alpha value is -2.04. The quantitative estimate of drug-likeness (QED) is 0.886. The number of hydrogen-bond acceptors (Lipinski definition) is 3. The number of imidazole rings is 1. The molecule has 1 amide bonds. The summed E-state index contributed by atoms with van der Waals surface area (Å²) in [6.07, 6.45) is 3.02. The first kappa shape index (κ1) is 16.8. The highest BCUT2D eigenvalue weighted by molar-refractivity contribution is 5.80. The SMILES string of the molecule is Cc1ccc2nc(N3CCC[C@@H](C(=O)NCCC(C)C)C3)[nH]c2c1. The maximum atomic E-state index is 12.4. The number of hydrogen-bond donors (Lipinski definition) is 2. The zero-order valence-electron chi connectivity index (χ0n) is 14.9. The molecule has 1 aliphatic heterocycles. The van der Waals surface area contributed by atoms with Crippen LogP contribution in [0.15, 0.2) is 18.2 Å². The number of piperidine rings is 1. The number of anilines is 1. The molecule has 1 atom stereocenters. The van der Waals surface area contributed by atoms with Crippen LogP contribution in [0.3, 0.4) is 0 Å². The third-order valence-corrected chi connectivity index (χ3v) is 4.74. The van der Waals surface area contributed by atoms with E-state index in [0.717, 1.165) is 55.9 Å². The summed E-state index contributed by atoms with van der Waals surface area (Å²) in [5.74, 6) is 1.75. The Bertz CT molecular complexity index is 706. The number of amides is 1. The molecule has 0 spiro atoms. The van der Waals surface area contributed by atoms with E-state index in [9.17, 15) is 4.79 Å². The lowest BCUT2D eigenvalue weighted by Gasteiger charge is -2.31. The van der Waals surface area contributed by atoms with E-state index < -0.39 is 0 Å². The lowest BCUT2D eigenvalue weighted by atomic mass is 9.97. The number of aromatic nitrogens is 2. The van der Waals surface area contributed by atoms with Crippen molar-refractivity contribution in [3.05, 3.63) is 23.8 Å². The molecule has 1 aromatic carbocycles. The number of rotatable bonds is 5. The number of nitrogens with one attached hydrogen (secondary N) is 2. The summed E-state index contributed by atoms with van der Waals surface area (Å²) in [7, 11) is 0. The molecule has 2 heterocycles. The molecule has 130 valence electrons. The van der Waals surface area contributed by atoms with Crippen molar-refractivity contribution in [1.29, 1.82) is 0 Å². The van der Waals surface area contributed by atoms with E-state index >= 15 is 0 Å². The summed E-state index contributed by atoms with van der Waals surface area (Å²) in [6, 6.07) is 6.24. The first-order valence-electron chi connectivity index (χ1n) is 9.02. The first-order valence-corrected chi connectivity index (χ1v) is 9.02. The van der Waals surface area contributed by atoms with Crippen molar-refractivity contribution in [2.75, 3.05) is 24.5 Å². The zero-order chi connectivity index (χ0) is 17.1. The molecule has 0 unspecified atom stereocenters. The summed E-state index contributed by atoms with van der Waals surface area (Å²) in [5, 5.41) is 3.09. The van der Waals surface area contributed by atoms with Crippen molar-refractivity contribution in [2.45, 2.75) is 40.0 Å². The molecule has 1 saturated heterocycles. The smallest absolute Gasteiger partial charge is 0.224 e. The number of H-pyrrole nitrogens is 1. The van der Waals surface area contributed by atoms with Gasteiger partial charge in [-0.15, -0.1) is 0 Å². The predicted molar refractivity (Wildman–Crippen MR) is 98.2 cm³/mol. The highest BCUT2D eigenvalue weighted by atomic mass is 16.1. The highest BCUT2D eigenvalue weighted by Gasteiger charge is 2.27. The molecule has 0 radical (unpaired) electrons. The van der Waals surface area contributed by atoms with Gasteiger partial charge < -0.3 is 15.2 Å². The number of benzene rings is 1. The Morgan fingerprint density at radius 3 is 3.08 bits per heavy atom. The average molecular weight is 328 g/mol. The van der Waals surface area contributed by atoms with E-state index in [1.165, 1.54) is 5.56 Å². The average Bonchev–Trinajstić information content (AvgIpc) is 2.97. The minimum Gasteiger partial charge on any atom is -0.356 e. The fourth-order valence-electron chi connectivity index (χ4n) is 3.27. The number of aryl methyl sites for hydroxylation is 1. The minimum absolute atomic E-state index is 0.0564. The lowest BCUT2D eigenvalue weighted by Crippen LogP contribution is -2.43. The van der Waals surface area contributed by atoms with Crippen LogP contribution in [0.1, 0.15) is 38.7 Å². The number of aromatic amines is 1. The van der Waals surface area contributed by atoms with Crippen molar-refractivity contribution >= 4 is 22.9 Å². The predicted octanol–water partition coefficient (Wildman–Crippen LogP) is 3.25. The maximum absolute atomic E-state index is 12.4. The second-order valence-electron chi connectivity index (χ2n) is 7.34. The van der Waals surface area contributed by atoms with Crippen molar-refractivity contribution in [2.24, 2.45) is 11.8 Å². The fourth-order valence-corrected chi connectivity index (χ4v) is 3.27. The van der Waals surface area contributed by atoms with E-state index in [2.05, 4.69) is 48.1 Å². The lowest BCUT2D eigenvalue weighted by molar-refractivity contribution is -0.125. The second kappa shape index (κ2) is 7.24. The van der Waals surface area contributed by atoms with Crippen molar-refractivity contribution < 1.29 is 4.79 Å². The molecule has 5 heteroatoms. The molecule has 1 aliphatic rings. The van der Waals surface area contributed by atoms with Gasteiger partial charge in [0.25, 0.3) is 0 Å². The highest BCUT2D eigenvalue weighted by Crippen LogP contribution is 2.24. The summed E-state index contributed by atoms with van der Waals surface area (Å²) >= 11 is 0. The van der Waals surface area contributed by atoms with Gasteiger partial charge in [-0.05, 0) is 49.8 Å². The van der Waals surface area contributed by atoms with Crippen molar-refractivity contribution in [3.8, 4) is 0 Å². The topological polar surface area (TPSA) is 61.0 Å². The zero-order valence-corrected chi connectivity index (χ0v) is 14.9. The monoisotopic (exact) mass is 328 g/mol. The third kappa shape index (κ3) is 3.89. The van der Waals surface area contributed by atoms with Gasteiger partial charge in [0.15, 0.2) is 0 Å². The number of fused-ring (bicyclic) bond motifs is 1. The van der Waals surface area contributed by atoms with Crippen LogP contribution in [0, 0.1) is 18.8 Å². The Morgan fingerprint density at radius 1 is 1.46 bits per heavy atom. The number of carbonyl (C=O) groups is 1. The molecule has 3 rings (SSSR count). The Balaban J connectivity index is 1.64. The molecule has 1 fully saturated rings. The van der Waals surface area contributed by atoms with Gasteiger partial charge in [0.1, 0.15) is 0 Å². The van der Waals surface area contributed by atoms with E-state index in [1.807, 2.05) is 6.07 Å². The van der Waals surface area contributed by atoms with Gasteiger partial charge in [-0.3, -0.25) is 4.79 Å². The fraction of sp³-hybridized carbons (Fsp3) is 0.579. The van der Waals surface area contributed by atoms with Crippen molar-refractivity contribution in [3.63, 3.8) is 0 Å². The van der Waals surface area contributed by atoms with Crippen LogP contribution in [0.5, 0.6) is 0 Å². The molecule has 0 aliphatic carbocycles. The van der Waals surface area contributed by atoms with E-state index in [1.54, 1.807) is 0 Å². The van der Waals surface area contributed by atoms with Crippen LogP contribution in [0.4, 0.5) is 5.95 Å². The van der Waals surface area contributed by atoms with Gasteiger partial charge in [-0.1, -0.05) is 19.9 Å². The normalized spacial score (nSPS) is 18.3. The molecule has 24 heavy (non-hydrogen) atoms. The van der Waals surface area contributed by atoms with Gasteiger partial charge in [0.2, 0.25) is 11.9 Å². The molecule has 1 aromatic heterocycles. The summed E-state index contributed by atoms with van der Waals surface area (Å²) < 4.78 is 0. The van der Waals surface area contributed by atoms with Gasteiger partial charge >= 0.3 is 0 Å². The van der Waals surface area contributed by atoms with Gasteiger partial charge in [0.05, 0.1) is 17.0 Å². The molecule has 0 bridgehead atoms. The van der Waals surface area contributed by atoms with Crippen LogP contribution in [0.25, 0.3) is 11.0 Å². The van der Waals surface area contributed by atoms with Gasteiger partial charge in [0, 0.05) is 19.6 Å². The number of carbonyl (C=O) groups excluding carboxylic acids is 1. The van der Waals surface area contributed by atoms with Crippen molar-refractivity contribution in [1.82, 2.24) is 15.3 Å². The van der Waals surface area contributed by atoms with Crippen LogP contribution in [-0.2, 0) is 4.79 Å². The van der Waals surface area contributed by atoms with Gasteiger partial charge in [-0.25, -0.2) is 4.98 Å². The molecule has 5 nitrogen and oxygen atoms in total. The van der Waals surface area contributed by atoms with Gasteiger partial charge in [-0.2, -0.15) is 0 Å². The van der Waals surface area contributed by atoms with Crippen LogP contribution in [0.2, 0.25) is 0 Å². The van der Waals surface area contributed by atoms with E-state index in [4.69, 9.17) is 4.98 Å². The Kier molecular flexibility index (Phi) is 5.07. The van der Waals surface area contributed by atoms with Crippen LogP contribution < -0.4 is 10.2 Å². The number of nitrogens with zero attached hydrogens (tertiary/aromatic N) is 2. The third-order valence-electron chi connectivity index (χ3n) is 4.74. The maximum Gasteiger partial charge on any atom is 0.224 e. The van der Waals surface area contributed by atoms with E-state index in [0.29, 0.717) is 5.92 Å². The first-order chi connectivity index (χ1) is 11.5. The summed E-state index contributed by atoms with van der Waals surface area (Å²) in [5.41, 5.74) is 3.27. The largest absolute Gasteiger partial charge is 0.356 e. The molecule has 0 saturated carbocycles. The van der Waals surface area contributed by atoms with E-state index in [-0.39, 0.29) is 11.8 Å². The molecule has 2 N–H and O–H groups in total. The summed E-state index contributed by atoms with van der Waals surface area (Å²) in [4.78, 5) is 22.7. The molecular formula is C19H28N4O. The Labute approximate surface area is 143 Å². The molecular weight excluding hydrogens is 300 g/mol.